The summed E-state index contributed by atoms with van der Waals surface area (Å²) in [6.45, 7) is 2.43. The average Bonchev–Trinajstić information content (AvgIpc) is 2.81. The van der Waals surface area contributed by atoms with E-state index in [-0.39, 0.29) is 18.2 Å². The van der Waals surface area contributed by atoms with Gasteiger partial charge in [0.05, 0.1) is 0 Å². The highest BCUT2D eigenvalue weighted by atomic mass is 16.4. The number of unbranched alkanes of at least 4 members (excludes halogenated alkanes) is 2. The van der Waals surface area contributed by atoms with Crippen molar-refractivity contribution in [2.45, 2.75) is 39.0 Å². The van der Waals surface area contributed by atoms with Crippen LogP contribution in [0.5, 0.6) is 0 Å². The van der Waals surface area contributed by atoms with Crippen molar-refractivity contribution in [3.05, 3.63) is 11.6 Å². The van der Waals surface area contributed by atoms with Crippen molar-refractivity contribution >= 4 is 11.9 Å². The van der Waals surface area contributed by atoms with Gasteiger partial charge < -0.3 is 10.4 Å². The highest BCUT2D eigenvalue weighted by Gasteiger charge is 2.10. The minimum absolute atomic E-state index is 0.150. The number of carboxylic acids is 1. The number of rotatable bonds is 8. The number of aromatic amines is 1. The molecule has 0 bridgehead atoms. The molecule has 1 rings (SSSR count). The van der Waals surface area contributed by atoms with Gasteiger partial charge in [0.25, 0.3) is 5.91 Å². The Kier molecular flexibility index (Phi) is 5.83. The van der Waals surface area contributed by atoms with Gasteiger partial charge in [-0.3, -0.25) is 14.7 Å². The highest BCUT2D eigenvalue weighted by Crippen LogP contribution is 1.99. The Balaban J connectivity index is 2.15. The lowest BCUT2D eigenvalue weighted by molar-refractivity contribution is -0.137. The van der Waals surface area contributed by atoms with Gasteiger partial charge in [-0.25, -0.2) is 4.98 Å². The largest absolute Gasteiger partial charge is 0.481 e. The smallest absolute Gasteiger partial charge is 0.303 e. The Hall–Kier alpha value is -1.92. The van der Waals surface area contributed by atoms with Crippen molar-refractivity contribution in [3.63, 3.8) is 0 Å². The van der Waals surface area contributed by atoms with E-state index in [9.17, 15) is 9.59 Å². The molecule has 0 fully saturated rings. The van der Waals surface area contributed by atoms with Gasteiger partial charge in [0.15, 0.2) is 0 Å². The molecule has 0 aliphatic heterocycles. The molecule has 0 saturated carbocycles. The SMILES string of the molecule is CCc1nc(C(=O)NCCCCCC(=O)O)n[nH]1. The van der Waals surface area contributed by atoms with Crippen LogP contribution in [-0.4, -0.2) is 38.7 Å². The van der Waals surface area contributed by atoms with Gasteiger partial charge in [-0.2, -0.15) is 0 Å². The van der Waals surface area contributed by atoms with E-state index in [1.165, 1.54) is 0 Å². The first-order valence-corrected chi connectivity index (χ1v) is 6.04. The number of amides is 1. The molecule has 0 aliphatic rings. The van der Waals surface area contributed by atoms with Crippen LogP contribution in [-0.2, 0) is 11.2 Å². The third kappa shape index (κ3) is 4.94. The zero-order valence-corrected chi connectivity index (χ0v) is 10.4. The molecule has 0 radical (unpaired) electrons. The molecule has 1 heterocycles. The number of hydrogen-bond acceptors (Lipinski definition) is 4. The predicted molar refractivity (Wildman–Crippen MR) is 64.2 cm³/mol. The summed E-state index contributed by atoms with van der Waals surface area (Å²) in [5, 5.41) is 17.6. The molecule has 3 N–H and O–H groups in total. The maximum atomic E-state index is 11.6. The Labute approximate surface area is 105 Å². The quantitative estimate of drug-likeness (QED) is 0.593. The van der Waals surface area contributed by atoms with Gasteiger partial charge in [0.1, 0.15) is 5.82 Å². The van der Waals surface area contributed by atoms with Crippen molar-refractivity contribution in [2.24, 2.45) is 0 Å². The molecule has 0 saturated heterocycles. The topological polar surface area (TPSA) is 108 Å². The molecule has 0 aliphatic carbocycles. The van der Waals surface area contributed by atoms with Gasteiger partial charge >= 0.3 is 5.97 Å². The van der Waals surface area contributed by atoms with Gasteiger partial charge in [0.2, 0.25) is 5.82 Å². The lowest BCUT2D eigenvalue weighted by Crippen LogP contribution is -2.25. The maximum Gasteiger partial charge on any atom is 0.303 e. The van der Waals surface area contributed by atoms with Crippen LogP contribution in [0.4, 0.5) is 0 Å². The molecule has 0 aromatic carbocycles. The number of nitrogens with one attached hydrogen (secondary N) is 2. The number of carboxylic acid groups (broad SMARTS) is 1. The van der Waals surface area contributed by atoms with Crippen LogP contribution in [0.1, 0.15) is 49.1 Å². The van der Waals surface area contributed by atoms with Crippen LogP contribution < -0.4 is 5.32 Å². The minimum Gasteiger partial charge on any atom is -0.481 e. The number of carbonyl (C=O) groups is 2. The fraction of sp³-hybridized carbons (Fsp3) is 0.636. The first kappa shape index (κ1) is 14.1. The van der Waals surface area contributed by atoms with Gasteiger partial charge in [0, 0.05) is 19.4 Å². The number of aliphatic carboxylic acids is 1. The molecule has 0 unspecified atom stereocenters. The summed E-state index contributed by atoms with van der Waals surface area (Å²) < 4.78 is 0. The molecule has 18 heavy (non-hydrogen) atoms. The second-order valence-corrected chi connectivity index (χ2v) is 3.92. The molecule has 0 atom stereocenters. The number of aromatic nitrogens is 3. The highest BCUT2D eigenvalue weighted by molar-refractivity contribution is 5.90. The van der Waals surface area contributed by atoms with Gasteiger partial charge in [-0.05, 0) is 12.8 Å². The summed E-state index contributed by atoms with van der Waals surface area (Å²) in [5.41, 5.74) is 0. The van der Waals surface area contributed by atoms with E-state index >= 15 is 0 Å². The number of carbonyl (C=O) groups excluding carboxylic acids is 1. The molecular weight excluding hydrogens is 236 g/mol. The summed E-state index contributed by atoms with van der Waals surface area (Å²) in [6, 6.07) is 0. The second-order valence-electron chi connectivity index (χ2n) is 3.92. The van der Waals surface area contributed by atoms with Crippen molar-refractivity contribution in [2.75, 3.05) is 6.54 Å². The van der Waals surface area contributed by atoms with E-state index in [1.807, 2.05) is 6.92 Å². The predicted octanol–water partition coefficient (Wildman–Crippen LogP) is 0.742. The summed E-state index contributed by atoms with van der Waals surface area (Å²) in [4.78, 5) is 25.8. The van der Waals surface area contributed by atoms with E-state index in [1.54, 1.807) is 0 Å². The normalized spacial score (nSPS) is 10.3. The summed E-state index contributed by atoms with van der Waals surface area (Å²) >= 11 is 0. The number of aryl methyl sites for hydroxylation is 1. The maximum absolute atomic E-state index is 11.6. The average molecular weight is 254 g/mol. The first-order chi connectivity index (χ1) is 8.63. The Morgan fingerprint density at radius 1 is 1.33 bits per heavy atom. The zero-order chi connectivity index (χ0) is 13.4. The zero-order valence-electron chi connectivity index (χ0n) is 10.4. The van der Waals surface area contributed by atoms with E-state index in [2.05, 4.69) is 20.5 Å². The fourth-order valence-corrected chi connectivity index (χ4v) is 1.41. The van der Waals surface area contributed by atoms with Crippen LogP contribution in [0.3, 0.4) is 0 Å². The van der Waals surface area contributed by atoms with Crippen LogP contribution in [0.25, 0.3) is 0 Å². The monoisotopic (exact) mass is 254 g/mol. The van der Waals surface area contributed by atoms with E-state index in [4.69, 9.17) is 5.11 Å². The molecular formula is C11H18N4O3. The third-order valence-electron chi connectivity index (χ3n) is 2.42. The molecule has 100 valence electrons. The van der Waals surface area contributed by atoms with Crippen molar-refractivity contribution in [1.82, 2.24) is 20.5 Å². The molecule has 1 aromatic heterocycles. The van der Waals surface area contributed by atoms with Crippen molar-refractivity contribution < 1.29 is 14.7 Å². The summed E-state index contributed by atoms with van der Waals surface area (Å²) in [7, 11) is 0. The van der Waals surface area contributed by atoms with E-state index in [0.717, 1.165) is 12.8 Å². The number of nitrogens with zero attached hydrogens (tertiary/aromatic N) is 2. The van der Waals surface area contributed by atoms with Crippen LogP contribution >= 0.6 is 0 Å². The van der Waals surface area contributed by atoms with E-state index in [0.29, 0.717) is 25.2 Å². The second kappa shape index (κ2) is 7.41. The number of H-pyrrole nitrogens is 1. The Morgan fingerprint density at radius 3 is 2.72 bits per heavy atom. The van der Waals surface area contributed by atoms with Crippen LogP contribution in [0.15, 0.2) is 0 Å². The molecule has 7 heteroatoms. The molecule has 0 spiro atoms. The lowest BCUT2D eigenvalue weighted by atomic mass is 10.2. The van der Waals surface area contributed by atoms with Crippen LogP contribution in [0, 0.1) is 0 Å². The molecule has 1 amide bonds. The summed E-state index contributed by atoms with van der Waals surface area (Å²) in [5.74, 6) is -0.255. The first-order valence-electron chi connectivity index (χ1n) is 6.04. The molecule has 1 aromatic rings. The Bertz CT molecular complexity index is 403. The minimum atomic E-state index is -0.785. The number of hydrogen-bond donors (Lipinski definition) is 3. The third-order valence-corrected chi connectivity index (χ3v) is 2.42. The fourth-order valence-electron chi connectivity index (χ4n) is 1.41. The van der Waals surface area contributed by atoms with Crippen molar-refractivity contribution in [3.8, 4) is 0 Å². The van der Waals surface area contributed by atoms with E-state index < -0.39 is 5.97 Å². The van der Waals surface area contributed by atoms with Gasteiger partial charge in [-0.15, -0.1) is 5.10 Å². The lowest BCUT2D eigenvalue weighted by Gasteiger charge is -2.01. The summed E-state index contributed by atoms with van der Waals surface area (Å²) in [6.07, 6.45) is 3.04. The Morgan fingerprint density at radius 2 is 2.11 bits per heavy atom. The van der Waals surface area contributed by atoms with Crippen molar-refractivity contribution in [1.29, 1.82) is 0 Å². The molecule has 7 nitrogen and oxygen atoms in total. The van der Waals surface area contributed by atoms with Gasteiger partial charge in [-0.1, -0.05) is 13.3 Å². The van der Waals surface area contributed by atoms with Crippen LogP contribution in [0.2, 0.25) is 0 Å². The standard InChI is InChI=1S/C11H18N4O3/c1-2-8-13-10(15-14-8)11(18)12-7-5-3-4-6-9(16)17/h2-7H2,1H3,(H,12,18)(H,16,17)(H,13,14,15).